The standard InChI is InChI=1S/C10H15N5O/c11-10-13-8(14-15-10)9(16)12-7(5-1-2-5)6-3-4-6/h5-7H,1-4H2,(H,12,16)(H3,11,13,14,15). The Morgan fingerprint density at radius 2 is 2.00 bits per heavy atom. The minimum atomic E-state index is -0.187. The molecule has 6 nitrogen and oxygen atoms in total. The first-order chi connectivity index (χ1) is 7.74. The number of carbonyl (C=O) groups excluding carboxylic acids is 1. The number of hydrogen-bond acceptors (Lipinski definition) is 4. The summed E-state index contributed by atoms with van der Waals surface area (Å²) in [5, 5.41) is 9.22. The molecule has 1 aromatic heterocycles. The van der Waals surface area contributed by atoms with Gasteiger partial charge in [0.2, 0.25) is 11.8 Å². The van der Waals surface area contributed by atoms with Crippen molar-refractivity contribution >= 4 is 11.9 Å². The smallest absolute Gasteiger partial charge is 0.288 e. The fraction of sp³-hybridized carbons (Fsp3) is 0.700. The Morgan fingerprint density at radius 3 is 2.44 bits per heavy atom. The van der Waals surface area contributed by atoms with E-state index in [1.807, 2.05) is 0 Å². The van der Waals surface area contributed by atoms with E-state index in [0.29, 0.717) is 17.9 Å². The summed E-state index contributed by atoms with van der Waals surface area (Å²) in [5.41, 5.74) is 5.36. The number of nitrogens with one attached hydrogen (secondary N) is 2. The number of rotatable bonds is 4. The molecule has 1 aromatic rings. The molecule has 86 valence electrons. The van der Waals surface area contributed by atoms with Crippen molar-refractivity contribution in [2.75, 3.05) is 5.73 Å². The number of nitrogens with zero attached hydrogens (tertiary/aromatic N) is 2. The van der Waals surface area contributed by atoms with Gasteiger partial charge in [0, 0.05) is 6.04 Å². The van der Waals surface area contributed by atoms with Gasteiger partial charge in [0.25, 0.3) is 5.91 Å². The molecule has 1 heterocycles. The molecule has 2 fully saturated rings. The van der Waals surface area contributed by atoms with Crippen molar-refractivity contribution < 1.29 is 4.79 Å². The average molecular weight is 221 g/mol. The molecule has 6 heteroatoms. The van der Waals surface area contributed by atoms with Gasteiger partial charge < -0.3 is 11.1 Å². The van der Waals surface area contributed by atoms with Gasteiger partial charge in [-0.2, -0.15) is 4.98 Å². The monoisotopic (exact) mass is 221 g/mol. The molecule has 0 spiro atoms. The highest BCUT2D eigenvalue weighted by Crippen LogP contribution is 2.44. The quantitative estimate of drug-likeness (QED) is 0.681. The van der Waals surface area contributed by atoms with Crippen molar-refractivity contribution in [1.29, 1.82) is 0 Å². The molecule has 0 radical (unpaired) electrons. The Bertz CT molecular complexity index is 395. The zero-order valence-corrected chi connectivity index (χ0v) is 8.94. The number of aromatic nitrogens is 3. The predicted octanol–water partition coefficient (Wildman–Crippen LogP) is 0.305. The van der Waals surface area contributed by atoms with Gasteiger partial charge in [0.05, 0.1) is 0 Å². The van der Waals surface area contributed by atoms with Gasteiger partial charge in [-0.15, -0.1) is 5.10 Å². The van der Waals surface area contributed by atoms with Crippen LogP contribution in [0.4, 0.5) is 5.95 Å². The van der Waals surface area contributed by atoms with Crippen LogP contribution < -0.4 is 11.1 Å². The Kier molecular flexibility index (Phi) is 2.08. The summed E-state index contributed by atoms with van der Waals surface area (Å²) in [6, 6.07) is 0.332. The maximum atomic E-state index is 11.8. The molecule has 0 saturated heterocycles. The van der Waals surface area contributed by atoms with Crippen LogP contribution in [0, 0.1) is 11.8 Å². The lowest BCUT2D eigenvalue weighted by Gasteiger charge is -2.16. The van der Waals surface area contributed by atoms with Crippen LogP contribution in [0.5, 0.6) is 0 Å². The first kappa shape index (κ1) is 9.62. The van der Waals surface area contributed by atoms with Crippen molar-refractivity contribution in [1.82, 2.24) is 20.5 Å². The minimum Gasteiger partial charge on any atom is -0.366 e. The van der Waals surface area contributed by atoms with E-state index >= 15 is 0 Å². The second-order valence-corrected chi connectivity index (χ2v) is 4.72. The molecule has 0 aliphatic heterocycles. The van der Waals surface area contributed by atoms with Crippen molar-refractivity contribution in [3.8, 4) is 0 Å². The largest absolute Gasteiger partial charge is 0.366 e. The third kappa shape index (κ3) is 1.87. The molecular weight excluding hydrogens is 206 g/mol. The fourth-order valence-corrected chi connectivity index (χ4v) is 2.13. The lowest BCUT2D eigenvalue weighted by atomic mass is 10.1. The number of hydrogen-bond donors (Lipinski definition) is 3. The third-order valence-corrected chi connectivity index (χ3v) is 3.28. The minimum absolute atomic E-state index is 0.111. The topological polar surface area (TPSA) is 96.7 Å². The third-order valence-electron chi connectivity index (χ3n) is 3.28. The fourth-order valence-electron chi connectivity index (χ4n) is 2.13. The van der Waals surface area contributed by atoms with Crippen molar-refractivity contribution in [2.45, 2.75) is 31.7 Å². The van der Waals surface area contributed by atoms with Crippen LogP contribution in [0.2, 0.25) is 0 Å². The maximum Gasteiger partial charge on any atom is 0.288 e. The van der Waals surface area contributed by atoms with Crippen LogP contribution in [-0.4, -0.2) is 27.1 Å². The summed E-state index contributed by atoms with van der Waals surface area (Å²) < 4.78 is 0. The highest BCUT2D eigenvalue weighted by molar-refractivity contribution is 5.90. The molecule has 0 unspecified atom stereocenters. The second-order valence-electron chi connectivity index (χ2n) is 4.72. The number of H-pyrrole nitrogens is 1. The molecular formula is C10H15N5O. The van der Waals surface area contributed by atoms with Crippen LogP contribution in [0.25, 0.3) is 0 Å². The predicted molar refractivity (Wildman–Crippen MR) is 57.5 cm³/mol. The molecule has 2 aliphatic carbocycles. The van der Waals surface area contributed by atoms with E-state index in [1.54, 1.807) is 0 Å². The Balaban J connectivity index is 1.66. The van der Waals surface area contributed by atoms with Crippen LogP contribution >= 0.6 is 0 Å². The molecule has 0 atom stereocenters. The number of carbonyl (C=O) groups is 1. The maximum absolute atomic E-state index is 11.8. The molecule has 1 amide bonds. The van der Waals surface area contributed by atoms with Gasteiger partial charge in [-0.05, 0) is 37.5 Å². The number of anilines is 1. The molecule has 3 rings (SSSR count). The van der Waals surface area contributed by atoms with Gasteiger partial charge in [-0.1, -0.05) is 0 Å². The Morgan fingerprint density at radius 1 is 1.38 bits per heavy atom. The SMILES string of the molecule is Nc1n[nH]c(C(=O)NC(C2CC2)C2CC2)n1. The highest BCUT2D eigenvalue weighted by atomic mass is 16.2. The molecule has 2 aliphatic rings. The van der Waals surface area contributed by atoms with Crippen molar-refractivity contribution in [3.05, 3.63) is 5.82 Å². The van der Waals surface area contributed by atoms with Gasteiger partial charge in [-0.25, -0.2) is 0 Å². The van der Waals surface area contributed by atoms with Gasteiger partial charge in [-0.3, -0.25) is 9.89 Å². The zero-order valence-electron chi connectivity index (χ0n) is 8.94. The lowest BCUT2D eigenvalue weighted by Crippen LogP contribution is -2.38. The highest BCUT2D eigenvalue weighted by Gasteiger charge is 2.42. The van der Waals surface area contributed by atoms with E-state index in [4.69, 9.17) is 5.73 Å². The second kappa shape index (κ2) is 3.47. The van der Waals surface area contributed by atoms with Crippen LogP contribution in [0.3, 0.4) is 0 Å². The molecule has 2 saturated carbocycles. The number of aromatic amines is 1. The summed E-state index contributed by atoms with van der Waals surface area (Å²) in [5.74, 6) is 1.49. The zero-order chi connectivity index (χ0) is 11.1. The molecule has 0 aromatic carbocycles. The van der Waals surface area contributed by atoms with E-state index in [9.17, 15) is 4.79 Å². The van der Waals surface area contributed by atoms with Gasteiger partial charge in [0.1, 0.15) is 0 Å². The normalized spacial score (nSPS) is 20.1. The van der Waals surface area contributed by atoms with E-state index in [0.717, 1.165) is 0 Å². The first-order valence-electron chi connectivity index (χ1n) is 5.73. The van der Waals surface area contributed by atoms with E-state index in [2.05, 4.69) is 20.5 Å². The molecule has 0 bridgehead atoms. The summed E-state index contributed by atoms with van der Waals surface area (Å²) in [4.78, 5) is 15.7. The van der Waals surface area contributed by atoms with Gasteiger partial charge >= 0.3 is 0 Å². The van der Waals surface area contributed by atoms with Crippen molar-refractivity contribution in [2.24, 2.45) is 11.8 Å². The summed E-state index contributed by atoms with van der Waals surface area (Å²) in [6.45, 7) is 0. The summed E-state index contributed by atoms with van der Waals surface area (Å²) >= 11 is 0. The Labute approximate surface area is 93.0 Å². The van der Waals surface area contributed by atoms with Gasteiger partial charge in [0.15, 0.2) is 0 Å². The summed E-state index contributed by atoms with van der Waals surface area (Å²) in [7, 11) is 0. The number of amides is 1. The lowest BCUT2D eigenvalue weighted by molar-refractivity contribution is 0.0916. The average Bonchev–Trinajstić information content (AvgIpc) is 3.14. The number of nitrogens with two attached hydrogens (primary N) is 1. The van der Waals surface area contributed by atoms with E-state index < -0.39 is 0 Å². The van der Waals surface area contributed by atoms with Crippen LogP contribution in [0.15, 0.2) is 0 Å². The van der Waals surface area contributed by atoms with E-state index in [-0.39, 0.29) is 17.7 Å². The molecule has 4 N–H and O–H groups in total. The van der Waals surface area contributed by atoms with Crippen LogP contribution in [-0.2, 0) is 0 Å². The van der Waals surface area contributed by atoms with Crippen molar-refractivity contribution in [3.63, 3.8) is 0 Å². The molecule has 16 heavy (non-hydrogen) atoms. The van der Waals surface area contributed by atoms with E-state index in [1.165, 1.54) is 25.7 Å². The Hall–Kier alpha value is -1.59. The first-order valence-corrected chi connectivity index (χ1v) is 5.73. The van der Waals surface area contributed by atoms with Crippen LogP contribution in [0.1, 0.15) is 36.3 Å². The summed E-state index contributed by atoms with van der Waals surface area (Å²) in [6.07, 6.45) is 4.94. The number of nitrogen functional groups attached to an aromatic ring is 1.